The number of aliphatic imine (C=N–C) groups is 1. The highest BCUT2D eigenvalue weighted by Gasteiger charge is 2.32. The minimum absolute atomic E-state index is 0.00660. The molecule has 250 valence electrons. The minimum atomic E-state index is -1.06. The van der Waals surface area contributed by atoms with Gasteiger partial charge in [-0.2, -0.15) is 0 Å². The van der Waals surface area contributed by atoms with Crippen LogP contribution in [-0.2, 0) is 36.8 Å². The average Bonchev–Trinajstić information content (AvgIpc) is 3.32. The van der Waals surface area contributed by atoms with E-state index in [0.717, 1.165) is 11.1 Å². The Bertz CT molecular complexity index is 1300. The molecule has 13 nitrogen and oxygen atoms in total. The number of ether oxygens (including phenoxy) is 1. The van der Waals surface area contributed by atoms with Gasteiger partial charge in [0.15, 0.2) is 5.96 Å². The van der Waals surface area contributed by atoms with E-state index < -0.39 is 41.9 Å². The monoisotopic (exact) mass is 636 g/mol. The number of guanidine groups is 1. The summed E-state index contributed by atoms with van der Waals surface area (Å²) >= 11 is 0. The standard InChI is InChI=1S/C33H48N8O5/c1-22(2)18-26(30(43)40-28(21-37-33(35)36)32(45)41-14-9-16-46-17-15-41)39-31(44)27(20-24-12-7-4-8-13-24)38-29(42)25(34)19-23-10-5-3-6-11-23/h3-8,10-13,22,25-28H,9,14-21,34H2,1-2H3,(H,38,42)(H,39,44)(H,40,43)(H4,35,36,37)/t25-,26-,27-,28-/m1/s1. The van der Waals surface area contributed by atoms with E-state index in [2.05, 4.69) is 20.9 Å². The first kappa shape index (κ1) is 36.0. The second-order valence-corrected chi connectivity index (χ2v) is 11.9. The summed E-state index contributed by atoms with van der Waals surface area (Å²) in [5, 5.41) is 8.39. The molecular formula is C33H48N8O5. The van der Waals surface area contributed by atoms with E-state index in [9.17, 15) is 19.2 Å². The lowest BCUT2D eigenvalue weighted by molar-refractivity contribution is -0.137. The second-order valence-electron chi connectivity index (χ2n) is 11.9. The minimum Gasteiger partial charge on any atom is -0.380 e. The molecule has 4 amide bonds. The molecule has 0 radical (unpaired) electrons. The van der Waals surface area contributed by atoms with E-state index in [1.54, 1.807) is 4.90 Å². The van der Waals surface area contributed by atoms with Crippen LogP contribution in [-0.4, -0.2) is 91.5 Å². The molecule has 9 N–H and O–H groups in total. The lowest BCUT2D eigenvalue weighted by atomic mass is 10.00. The average molecular weight is 637 g/mol. The van der Waals surface area contributed by atoms with Crippen molar-refractivity contribution in [2.24, 2.45) is 28.1 Å². The Balaban J connectivity index is 1.78. The van der Waals surface area contributed by atoms with Gasteiger partial charge in [-0.25, -0.2) is 0 Å². The number of amides is 4. The van der Waals surface area contributed by atoms with Gasteiger partial charge in [-0.05, 0) is 36.3 Å². The summed E-state index contributed by atoms with van der Waals surface area (Å²) in [6.07, 6.45) is 1.40. The van der Waals surface area contributed by atoms with Gasteiger partial charge in [0, 0.05) is 26.1 Å². The van der Waals surface area contributed by atoms with Gasteiger partial charge in [-0.15, -0.1) is 0 Å². The molecule has 46 heavy (non-hydrogen) atoms. The predicted molar refractivity (Wildman–Crippen MR) is 176 cm³/mol. The maximum atomic E-state index is 13.8. The van der Waals surface area contributed by atoms with E-state index >= 15 is 0 Å². The highest BCUT2D eigenvalue weighted by molar-refractivity contribution is 5.95. The maximum Gasteiger partial charge on any atom is 0.247 e. The lowest BCUT2D eigenvalue weighted by Crippen LogP contribution is -2.59. The Morgan fingerprint density at radius 3 is 1.96 bits per heavy atom. The zero-order valence-corrected chi connectivity index (χ0v) is 26.7. The van der Waals surface area contributed by atoms with Crippen molar-refractivity contribution in [3.8, 4) is 0 Å². The second kappa shape index (κ2) is 18.5. The van der Waals surface area contributed by atoms with Crippen LogP contribution in [0.2, 0.25) is 0 Å². The summed E-state index contributed by atoms with van der Waals surface area (Å²) in [7, 11) is 0. The number of benzene rings is 2. The van der Waals surface area contributed by atoms with Crippen LogP contribution in [0, 0.1) is 5.92 Å². The number of nitrogens with two attached hydrogens (primary N) is 3. The van der Waals surface area contributed by atoms with Gasteiger partial charge in [0.1, 0.15) is 18.1 Å². The van der Waals surface area contributed by atoms with Crippen molar-refractivity contribution < 1.29 is 23.9 Å². The summed E-state index contributed by atoms with van der Waals surface area (Å²) in [6, 6.07) is 14.6. The summed E-state index contributed by atoms with van der Waals surface area (Å²) in [6.45, 7) is 5.41. The first-order chi connectivity index (χ1) is 22.0. The summed E-state index contributed by atoms with van der Waals surface area (Å²) in [4.78, 5) is 59.7. The van der Waals surface area contributed by atoms with Crippen LogP contribution in [0.3, 0.4) is 0 Å². The molecule has 1 saturated heterocycles. The highest BCUT2D eigenvalue weighted by Crippen LogP contribution is 2.11. The molecule has 13 heteroatoms. The van der Waals surface area contributed by atoms with Crippen molar-refractivity contribution in [3.63, 3.8) is 0 Å². The first-order valence-electron chi connectivity index (χ1n) is 15.7. The highest BCUT2D eigenvalue weighted by atomic mass is 16.5. The number of rotatable bonds is 15. The van der Waals surface area contributed by atoms with E-state index in [4.69, 9.17) is 21.9 Å². The van der Waals surface area contributed by atoms with Crippen molar-refractivity contribution in [1.29, 1.82) is 0 Å². The largest absolute Gasteiger partial charge is 0.380 e. The van der Waals surface area contributed by atoms with Gasteiger partial charge in [-0.1, -0.05) is 74.5 Å². The quantitative estimate of drug-likeness (QED) is 0.114. The SMILES string of the molecule is CC(C)C[C@@H](NC(=O)[C@@H](Cc1ccccc1)NC(=O)[C@H](N)Cc1ccccc1)C(=O)N[C@H](CN=C(N)N)C(=O)N1CCCOCC1. The molecule has 4 atom stereocenters. The molecule has 0 unspecified atom stereocenters. The smallest absolute Gasteiger partial charge is 0.247 e. The molecule has 2 aromatic carbocycles. The third kappa shape index (κ3) is 12.1. The Kier molecular flexibility index (Phi) is 14.4. The molecule has 0 saturated carbocycles. The van der Waals surface area contributed by atoms with Crippen LogP contribution >= 0.6 is 0 Å². The van der Waals surface area contributed by atoms with Crippen LogP contribution in [0.15, 0.2) is 65.7 Å². The normalized spacial score (nSPS) is 15.9. The Morgan fingerprint density at radius 1 is 0.783 bits per heavy atom. The Labute approximate surface area is 270 Å². The molecule has 0 aliphatic carbocycles. The van der Waals surface area contributed by atoms with Crippen LogP contribution in [0.5, 0.6) is 0 Å². The summed E-state index contributed by atoms with van der Waals surface area (Å²) in [5.41, 5.74) is 19.0. The summed E-state index contributed by atoms with van der Waals surface area (Å²) in [5.74, 6) is -2.17. The molecule has 3 rings (SSSR count). The fourth-order valence-corrected chi connectivity index (χ4v) is 5.12. The van der Waals surface area contributed by atoms with Crippen LogP contribution in [0.25, 0.3) is 0 Å². The fraction of sp³-hybridized carbons (Fsp3) is 0.485. The zero-order chi connectivity index (χ0) is 33.5. The lowest BCUT2D eigenvalue weighted by Gasteiger charge is -2.28. The number of carbonyl (C=O) groups excluding carboxylic acids is 4. The molecule has 1 fully saturated rings. The van der Waals surface area contributed by atoms with Crippen molar-refractivity contribution in [1.82, 2.24) is 20.9 Å². The molecule has 0 bridgehead atoms. The van der Waals surface area contributed by atoms with Crippen molar-refractivity contribution in [3.05, 3.63) is 71.8 Å². The molecule has 0 spiro atoms. The predicted octanol–water partition coefficient (Wildman–Crippen LogP) is -0.178. The van der Waals surface area contributed by atoms with Crippen molar-refractivity contribution >= 4 is 29.6 Å². The third-order valence-corrected chi connectivity index (χ3v) is 7.50. The van der Waals surface area contributed by atoms with E-state index in [1.807, 2.05) is 74.5 Å². The van der Waals surface area contributed by atoms with Gasteiger partial charge in [0.05, 0.1) is 19.2 Å². The van der Waals surface area contributed by atoms with E-state index in [0.29, 0.717) is 39.1 Å². The van der Waals surface area contributed by atoms with Crippen LogP contribution in [0.1, 0.15) is 37.8 Å². The van der Waals surface area contributed by atoms with Crippen LogP contribution < -0.4 is 33.2 Å². The van der Waals surface area contributed by atoms with Gasteiger partial charge in [0.25, 0.3) is 0 Å². The van der Waals surface area contributed by atoms with Gasteiger partial charge >= 0.3 is 0 Å². The molecule has 1 heterocycles. The van der Waals surface area contributed by atoms with Crippen LogP contribution in [0.4, 0.5) is 0 Å². The van der Waals surface area contributed by atoms with Gasteiger partial charge < -0.3 is 42.8 Å². The van der Waals surface area contributed by atoms with Crippen molar-refractivity contribution in [2.45, 2.75) is 63.7 Å². The molecule has 1 aliphatic heterocycles. The summed E-state index contributed by atoms with van der Waals surface area (Å²) < 4.78 is 5.46. The fourth-order valence-electron chi connectivity index (χ4n) is 5.12. The van der Waals surface area contributed by atoms with E-state index in [1.165, 1.54) is 0 Å². The van der Waals surface area contributed by atoms with Gasteiger partial charge in [0.2, 0.25) is 23.6 Å². The van der Waals surface area contributed by atoms with E-state index in [-0.39, 0.29) is 37.2 Å². The third-order valence-electron chi connectivity index (χ3n) is 7.50. The topological polar surface area (TPSA) is 207 Å². The molecule has 1 aliphatic rings. The Morgan fingerprint density at radius 2 is 1.35 bits per heavy atom. The first-order valence-corrected chi connectivity index (χ1v) is 15.7. The van der Waals surface area contributed by atoms with Crippen molar-refractivity contribution in [2.75, 3.05) is 32.8 Å². The number of carbonyl (C=O) groups is 4. The zero-order valence-electron chi connectivity index (χ0n) is 26.7. The number of nitrogens with zero attached hydrogens (tertiary/aromatic N) is 2. The Hall–Kier alpha value is -4.49. The molecule has 2 aromatic rings. The maximum absolute atomic E-state index is 13.8. The molecule has 0 aromatic heterocycles. The molecular weight excluding hydrogens is 588 g/mol. The number of hydrogen-bond acceptors (Lipinski definition) is 7. The number of nitrogens with one attached hydrogen (secondary N) is 3. The number of hydrogen-bond donors (Lipinski definition) is 6. The van der Waals surface area contributed by atoms with Gasteiger partial charge in [-0.3, -0.25) is 24.2 Å².